The fraction of sp³-hybridized carbons (Fsp3) is 0.235. The zero-order chi connectivity index (χ0) is 14.2. The third kappa shape index (κ3) is 2.04. The van der Waals surface area contributed by atoms with Crippen molar-refractivity contribution in [3.63, 3.8) is 0 Å². The van der Waals surface area contributed by atoms with Crippen molar-refractivity contribution in [3.8, 4) is 11.4 Å². The smallest absolute Gasteiger partial charge is 0.141 e. The third-order valence-corrected chi connectivity index (χ3v) is 4.07. The number of hydrogen-bond acceptors (Lipinski definition) is 3. The Hall–Kier alpha value is -2.17. The van der Waals surface area contributed by atoms with E-state index in [-0.39, 0.29) is 6.61 Å². The number of hydrogen-bond donors (Lipinski definition) is 2. The third-order valence-electron chi connectivity index (χ3n) is 4.07. The molecule has 0 radical (unpaired) electrons. The molecule has 2 N–H and O–H groups in total. The molecule has 0 atom stereocenters. The Morgan fingerprint density at radius 3 is 2.86 bits per heavy atom. The van der Waals surface area contributed by atoms with Gasteiger partial charge in [0.15, 0.2) is 0 Å². The Morgan fingerprint density at radius 1 is 1.10 bits per heavy atom. The van der Waals surface area contributed by atoms with Crippen LogP contribution in [0.25, 0.3) is 22.4 Å². The lowest BCUT2D eigenvalue weighted by Crippen LogP contribution is -2.04. The average molecular weight is 279 g/mol. The van der Waals surface area contributed by atoms with Crippen LogP contribution in [0, 0.1) is 0 Å². The number of rotatable bonds is 3. The van der Waals surface area contributed by atoms with Gasteiger partial charge in [0.2, 0.25) is 0 Å². The summed E-state index contributed by atoms with van der Waals surface area (Å²) in [6, 6.07) is 14.6. The Morgan fingerprint density at radius 2 is 1.95 bits per heavy atom. The van der Waals surface area contributed by atoms with Gasteiger partial charge in [-0.2, -0.15) is 0 Å². The van der Waals surface area contributed by atoms with Crippen molar-refractivity contribution in [2.24, 2.45) is 0 Å². The summed E-state index contributed by atoms with van der Waals surface area (Å²) >= 11 is 0. The lowest BCUT2D eigenvalue weighted by Gasteiger charge is -2.08. The van der Waals surface area contributed by atoms with Crippen LogP contribution in [-0.2, 0) is 19.6 Å². The molecule has 4 rings (SSSR count). The largest absolute Gasteiger partial charge is 0.395 e. The molecule has 1 aromatic heterocycles. The first-order valence-electron chi connectivity index (χ1n) is 7.26. The molecular weight excluding hydrogens is 262 g/mol. The van der Waals surface area contributed by atoms with Crippen molar-refractivity contribution in [1.29, 1.82) is 0 Å². The van der Waals surface area contributed by atoms with Gasteiger partial charge >= 0.3 is 0 Å². The number of nitrogens with zero attached hydrogens (tertiary/aromatic N) is 2. The summed E-state index contributed by atoms with van der Waals surface area (Å²) in [7, 11) is 0. The second-order valence-electron chi connectivity index (χ2n) is 5.39. The van der Waals surface area contributed by atoms with Gasteiger partial charge < -0.3 is 15.0 Å². The zero-order valence-corrected chi connectivity index (χ0v) is 11.7. The summed E-state index contributed by atoms with van der Waals surface area (Å²) in [5.74, 6) is 0.931. The van der Waals surface area contributed by atoms with E-state index in [1.807, 2.05) is 18.2 Å². The minimum atomic E-state index is 0.111. The SMILES string of the molecule is OCCn1c(-c2ccc3c(c2)CNC3)nc2ccccc21. The van der Waals surface area contributed by atoms with E-state index >= 15 is 0 Å². The summed E-state index contributed by atoms with van der Waals surface area (Å²) in [4.78, 5) is 4.76. The lowest BCUT2D eigenvalue weighted by atomic mass is 10.1. The Kier molecular flexibility index (Phi) is 2.98. The van der Waals surface area contributed by atoms with Crippen LogP contribution in [0.2, 0.25) is 0 Å². The maximum absolute atomic E-state index is 9.37. The number of aliphatic hydroxyl groups is 1. The van der Waals surface area contributed by atoms with E-state index < -0.39 is 0 Å². The van der Waals surface area contributed by atoms with Gasteiger partial charge in [-0.25, -0.2) is 4.98 Å². The molecule has 4 heteroatoms. The van der Waals surface area contributed by atoms with E-state index in [1.165, 1.54) is 11.1 Å². The number of fused-ring (bicyclic) bond motifs is 2. The van der Waals surface area contributed by atoms with E-state index in [2.05, 4.69) is 34.1 Å². The fourth-order valence-electron chi connectivity index (χ4n) is 3.06. The van der Waals surface area contributed by atoms with E-state index in [9.17, 15) is 5.11 Å². The first kappa shape index (κ1) is 12.6. The molecule has 0 unspecified atom stereocenters. The van der Waals surface area contributed by atoms with E-state index in [4.69, 9.17) is 4.98 Å². The quantitative estimate of drug-likeness (QED) is 0.773. The molecule has 0 bridgehead atoms. The highest BCUT2D eigenvalue weighted by atomic mass is 16.3. The summed E-state index contributed by atoms with van der Waals surface area (Å²) in [6.07, 6.45) is 0. The van der Waals surface area contributed by atoms with Gasteiger partial charge in [-0.15, -0.1) is 0 Å². The molecule has 0 amide bonds. The summed E-state index contributed by atoms with van der Waals surface area (Å²) in [5.41, 5.74) is 5.86. The van der Waals surface area contributed by atoms with Gasteiger partial charge in [0.05, 0.1) is 17.6 Å². The molecule has 0 saturated heterocycles. The van der Waals surface area contributed by atoms with Crippen molar-refractivity contribution in [2.45, 2.75) is 19.6 Å². The topological polar surface area (TPSA) is 50.1 Å². The molecule has 0 aliphatic carbocycles. The summed E-state index contributed by atoms with van der Waals surface area (Å²) in [6.45, 7) is 2.54. The highest BCUT2D eigenvalue weighted by Crippen LogP contribution is 2.27. The van der Waals surface area contributed by atoms with Gasteiger partial charge in [0.25, 0.3) is 0 Å². The van der Waals surface area contributed by atoms with Gasteiger partial charge in [0.1, 0.15) is 5.82 Å². The molecule has 2 heterocycles. The molecule has 106 valence electrons. The predicted octanol–water partition coefficient (Wildman–Crippen LogP) is 2.30. The normalized spacial score (nSPS) is 13.8. The Bertz CT molecular complexity index is 807. The van der Waals surface area contributed by atoms with Crippen LogP contribution in [0.1, 0.15) is 11.1 Å². The number of aliphatic hydroxyl groups excluding tert-OH is 1. The maximum Gasteiger partial charge on any atom is 0.141 e. The highest BCUT2D eigenvalue weighted by molar-refractivity contribution is 5.80. The van der Waals surface area contributed by atoms with Gasteiger partial charge in [-0.1, -0.05) is 24.3 Å². The highest BCUT2D eigenvalue weighted by Gasteiger charge is 2.15. The predicted molar refractivity (Wildman–Crippen MR) is 82.8 cm³/mol. The molecular formula is C17H17N3O. The van der Waals surface area contributed by atoms with Gasteiger partial charge in [-0.3, -0.25) is 0 Å². The number of para-hydroxylation sites is 2. The first-order chi connectivity index (χ1) is 10.4. The maximum atomic E-state index is 9.37. The summed E-state index contributed by atoms with van der Waals surface area (Å²) in [5, 5.41) is 12.7. The molecule has 1 aliphatic rings. The van der Waals surface area contributed by atoms with Crippen molar-refractivity contribution in [1.82, 2.24) is 14.9 Å². The Labute approximate surface area is 123 Å². The second-order valence-corrected chi connectivity index (χ2v) is 5.39. The van der Waals surface area contributed by atoms with Crippen LogP contribution >= 0.6 is 0 Å². The summed E-state index contributed by atoms with van der Waals surface area (Å²) < 4.78 is 2.10. The second kappa shape index (κ2) is 4.98. The molecule has 4 nitrogen and oxygen atoms in total. The number of aromatic nitrogens is 2. The number of benzene rings is 2. The monoisotopic (exact) mass is 279 g/mol. The number of nitrogens with one attached hydrogen (secondary N) is 1. The van der Waals surface area contributed by atoms with Crippen LogP contribution in [0.5, 0.6) is 0 Å². The van der Waals surface area contributed by atoms with Crippen molar-refractivity contribution >= 4 is 11.0 Å². The van der Waals surface area contributed by atoms with E-state index in [0.29, 0.717) is 6.54 Å². The lowest BCUT2D eigenvalue weighted by molar-refractivity contribution is 0.278. The van der Waals surface area contributed by atoms with Gasteiger partial charge in [0, 0.05) is 25.2 Å². The van der Waals surface area contributed by atoms with Crippen LogP contribution in [0.3, 0.4) is 0 Å². The van der Waals surface area contributed by atoms with E-state index in [1.54, 1.807) is 0 Å². The first-order valence-corrected chi connectivity index (χ1v) is 7.26. The van der Waals surface area contributed by atoms with Crippen LogP contribution < -0.4 is 5.32 Å². The van der Waals surface area contributed by atoms with Crippen LogP contribution in [0.4, 0.5) is 0 Å². The van der Waals surface area contributed by atoms with Gasteiger partial charge in [-0.05, 0) is 29.3 Å². The fourth-order valence-corrected chi connectivity index (χ4v) is 3.06. The molecule has 1 aliphatic heterocycles. The Balaban J connectivity index is 1.91. The molecule has 21 heavy (non-hydrogen) atoms. The average Bonchev–Trinajstić information content (AvgIpc) is 3.11. The van der Waals surface area contributed by atoms with Crippen molar-refractivity contribution in [2.75, 3.05) is 6.61 Å². The zero-order valence-electron chi connectivity index (χ0n) is 11.7. The minimum absolute atomic E-state index is 0.111. The van der Waals surface area contributed by atoms with Crippen molar-refractivity contribution in [3.05, 3.63) is 53.6 Å². The van der Waals surface area contributed by atoms with Crippen molar-refractivity contribution < 1.29 is 5.11 Å². The van der Waals surface area contributed by atoms with E-state index in [0.717, 1.165) is 35.5 Å². The molecule has 0 saturated carbocycles. The number of imidazole rings is 1. The molecule has 3 aromatic rings. The minimum Gasteiger partial charge on any atom is -0.395 e. The van der Waals surface area contributed by atoms with Crippen LogP contribution in [-0.4, -0.2) is 21.3 Å². The molecule has 0 fully saturated rings. The van der Waals surface area contributed by atoms with Crippen LogP contribution in [0.15, 0.2) is 42.5 Å². The standard InChI is InChI=1S/C17H17N3O/c21-8-7-20-16-4-2-1-3-15(16)19-17(20)12-5-6-13-10-18-11-14(13)9-12/h1-6,9,18,21H,7-8,10-11H2. The molecule has 0 spiro atoms. The molecule has 2 aromatic carbocycles.